The zero-order chi connectivity index (χ0) is 13.9. The van der Waals surface area contributed by atoms with Crippen molar-refractivity contribution in [1.29, 1.82) is 5.41 Å². The predicted molar refractivity (Wildman–Crippen MR) is 74.3 cm³/mol. The molecule has 18 heavy (non-hydrogen) atoms. The highest BCUT2D eigenvalue weighted by atomic mass is 16.5. The van der Waals surface area contributed by atoms with Crippen molar-refractivity contribution < 1.29 is 4.74 Å². The molecule has 4 nitrogen and oxygen atoms in total. The van der Waals surface area contributed by atoms with Crippen molar-refractivity contribution in [3.63, 3.8) is 0 Å². The highest BCUT2D eigenvalue weighted by Gasteiger charge is 2.15. The van der Waals surface area contributed by atoms with Crippen LogP contribution in [0.3, 0.4) is 0 Å². The van der Waals surface area contributed by atoms with Gasteiger partial charge in [-0.3, -0.25) is 10.4 Å². The van der Waals surface area contributed by atoms with Gasteiger partial charge in [0, 0.05) is 11.8 Å². The molecule has 0 amide bonds. The second kappa shape index (κ2) is 5.85. The van der Waals surface area contributed by atoms with Crippen LogP contribution in [0.2, 0.25) is 0 Å². The maximum absolute atomic E-state index is 7.63. The van der Waals surface area contributed by atoms with Crippen LogP contribution in [0.5, 0.6) is 5.75 Å². The molecule has 0 radical (unpaired) electrons. The number of aromatic nitrogens is 1. The standard InChI is InChI=1S/C14H23N3O/c1-8(2)6-10(4)18-12-7-9(3)17-11(5)13(12)14(15)16/h7-8,10H,6H2,1-5H3,(H3,15,16). The third-order valence-electron chi connectivity index (χ3n) is 2.69. The summed E-state index contributed by atoms with van der Waals surface area (Å²) in [6, 6.07) is 1.85. The number of rotatable bonds is 5. The molecule has 4 heteroatoms. The van der Waals surface area contributed by atoms with Crippen LogP contribution in [0.15, 0.2) is 6.07 Å². The van der Waals surface area contributed by atoms with Gasteiger partial charge in [0.1, 0.15) is 11.6 Å². The summed E-state index contributed by atoms with van der Waals surface area (Å²) in [7, 11) is 0. The maximum Gasteiger partial charge on any atom is 0.134 e. The van der Waals surface area contributed by atoms with Crippen LogP contribution in [0.4, 0.5) is 0 Å². The lowest BCUT2D eigenvalue weighted by Gasteiger charge is -2.20. The minimum Gasteiger partial charge on any atom is -0.490 e. The first-order valence-electron chi connectivity index (χ1n) is 6.30. The number of aryl methyl sites for hydroxylation is 2. The van der Waals surface area contributed by atoms with Gasteiger partial charge in [-0.25, -0.2) is 0 Å². The summed E-state index contributed by atoms with van der Waals surface area (Å²) in [6.45, 7) is 10.1. The summed E-state index contributed by atoms with van der Waals surface area (Å²) in [5.74, 6) is 1.25. The van der Waals surface area contributed by atoms with Crippen molar-refractivity contribution in [1.82, 2.24) is 4.98 Å². The molecule has 1 atom stereocenters. The summed E-state index contributed by atoms with van der Waals surface area (Å²) in [5, 5.41) is 7.63. The van der Waals surface area contributed by atoms with E-state index in [4.69, 9.17) is 15.9 Å². The third-order valence-corrected chi connectivity index (χ3v) is 2.69. The molecular weight excluding hydrogens is 226 g/mol. The Hall–Kier alpha value is -1.58. The predicted octanol–water partition coefficient (Wildman–Crippen LogP) is 2.80. The van der Waals surface area contributed by atoms with Crippen LogP contribution in [0.25, 0.3) is 0 Å². The molecule has 0 fully saturated rings. The van der Waals surface area contributed by atoms with E-state index in [1.807, 2.05) is 26.8 Å². The van der Waals surface area contributed by atoms with Crippen LogP contribution in [0.1, 0.15) is 44.1 Å². The van der Waals surface area contributed by atoms with E-state index in [0.29, 0.717) is 17.2 Å². The van der Waals surface area contributed by atoms with Gasteiger partial charge >= 0.3 is 0 Å². The monoisotopic (exact) mass is 249 g/mol. The van der Waals surface area contributed by atoms with Crippen molar-refractivity contribution in [2.45, 2.75) is 47.1 Å². The number of nitrogens with two attached hydrogens (primary N) is 1. The van der Waals surface area contributed by atoms with E-state index in [9.17, 15) is 0 Å². The Balaban J connectivity index is 3.03. The van der Waals surface area contributed by atoms with Crippen molar-refractivity contribution in [2.75, 3.05) is 0 Å². The number of hydrogen-bond donors (Lipinski definition) is 2. The quantitative estimate of drug-likeness (QED) is 0.622. The third kappa shape index (κ3) is 3.72. The van der Waals surface area contributed by atoms with Crippen molar-refractivity contribution in [3.05, 3.63) is 23.0 Å². The lowest BCUT2D eigenvalue weighted by Crippen LogP contribution is -2.20. The van der Waals surface area contributed by atoms with E-state index >= 15 is 0 Å². The number of nitrogens with zero attached hydrogens (tertiary/aromatic N) is 1. The SMILES string of the molecule is Cc1cc(OC(C)CC(C)C)c(C(=N)N)c(C)n1. The summed E-state index contributed by atoms with van der Waals surface area (Å²) in [5.41, 5.74) is 7.84. The fourth-order valence-electron chi connectivity index (χ4n) is 2.14. The topological polar surface area (TPSA) is 72.0 Å². The van der Waals surface area contributed by atoms with E-state index < -0.39 is 0 Å². The van der Waals surface area contributed by atoms with Gasteiger partial charge < -0.3 is 10.5 Å². The molecule has 1 aromatic rings. The molecule has 0 aliphatic rings. The Bertz CT molecular complexity index is 441. The fraction of sp³-hybridized carbons (Fsp3) is 0.571. The molecule has 0 saturated carbocycles. The minimum atomic E-state index is 0.00625. The molecule has 3 N–H and O–H groups in total. The molecule has 1 rings (SSSR count). The second-order valence-electron chi connectivity index (χ2n) is 5.19. The molecule has 1 aromatic heterocycles. The Labute approximate surface area is 109 Å². The van der Waals surface area contributed by atoms with Gasteiger partial charge in [-0.1, -0.05) is 13.8 Å². The fourth-order valence-corrected chi connectivity index (χ4v) is 2.14. The van der Waals surface area contributed by atoms with Crippen LogP contribution < -0.4 is 10.5 Å². The number of hydrogen-bond acceptors (Lipinski definition) is 3. The molecule has 0 aliphatic carbocycles. The molecule has 100 valence electrons. The van der Waals surface area contributed by atoms with E-state index in [1.54, 1.807) is 0 Å². The van der Waals surface area contributed by atoms with E-state index in [2.05, 4.69) is 18.8 Å². The first-order chi connectivity index (χ1) is 8.31. The van der Waals surface area contributed by atoms with Gasteiger partial charge in [0.2, 0.25) is 0 Å². The van der Waals surface area contributed by atoms with E-state index in [1.165, 1.54) is 0 Å². The highest BCUT2D eigenvalue weighted by Crippen LogP contribution is 2.24. The summed E-state index contributed by atoms with van der Waals surface area (Å²) >= 11 is 0. The zero-order valence-electron chi connectivity index (χ0n) is 11.9. The van der Waals surface area contributed by atoms with Crippen LogP contribution in [0, 0.1) is 25.2 Å². The van der Waals surface area contributed by atoms with Gasteiger partial charge in [-0.05, 0) is 33.1 Å². The zero-order valence-corrected chi connectivity index (χ0v) is 11.9. The lowest BCUT2D eigenvalue weighted by molar-refractivity contribution is 0.192. The average Bonchev–Trinajstić information content (AvgIpc) is 2.12. The maximum atomic E-state index is 7.63. The molecular formula is C14H23N3O. The van der Waals surface area contributed by atoms with Gasteiger partial charge in [0.05, 0.1) is 17.4 Å². The Kier molecular flexibility index (Phi) is 4.70. The van der Waals surface area contributed by atoms with Crippen molar-refractivity contribution >= 4 is 5.84 Å². The largest absolute Gasteiger partial charge is 0.490 e. The van der Waals surface area contributed by atoms with Gasteiger partial charge in [0.15, 0.2) is 0 Å². The molecule has 1 heterocycles. The second-order valence-corrected chi connectivity index (χ2v) is 5.19. The smallest absolute Gasteiger partial charge is 0.134 e. The number of ether oxygens (including phenoxy) is 1. The molecule has 1 unspecified atom stereocenters. The molecule has 0 spiro atoms. The molecule has 0 aliphatic heterocycles. The first kappa shape index (κ1) is 14.5. The number of nitrogens with one attached hydrogen (secondary N) is 1. The highest BCUT2D eigenvalue weighted by molar-refractivity contribution is 5.98. The normalized spacial score (nSPS) is 12.6. The lowest BCUT2D eigenvalue weighted by atomic mass is 10.1. The molecule has 0 bridgehead atoms. The van der Waals surface area contributed by atoms with Gasteiger partial charge in [0.25, 0.3) is 0 Å². The van der Waals surface area contributed by atoms with Crippen molar-refractivity contribution in [3.8, 4) is 5.75 Å². The number of pyridine rings is 1. The summed E-state index contributed by atoms with van der Waals surface area (Å²) in [6.07, 6.45) is 1.07. The summed E-state index contributed by atoms with van der Waals surface area (Å²) < 4.78 is 5.92. The Morgan fingerprint density at radius 1 is 1.39 bits per heavy atom. The molecule has 0 saturated heterocycles. The number of nitrogen functional groups attached to an aromatic ring is 1. The van der Waals surface area contributed by atoms with Crippen LogP contribution >= 0.6 is 0 Å². The summed E-state index contributed by atoms with van der Waals surface area (Å²) in [4.78, 5) is 4.32. The Morgan fingerprint density at radius 3 is 2.50 bits per heavy atom. The molecule has 0 aromatic carbocycles. The van der Waals surface area contributed by atoms with Crippen LogP contribution in [-0.4, -0.2) is 16.9 Å². The van der Waals surface area contributed by atoms with Gasteiger partial charge in [-0.15, -0.1) is 0 Å². The van der Waals surface area contributed by atoms with E-state index in [-0.39, 0.29) is 11.9 Å². The first-order valence-corrected chi connectivity index (χ1v) is 6.30. The van der Waals surface area contributed by atoms with Gasteiger partial charge in [-0.2, -0.15) is 0 Å². The average molecular weight is 249 g/mol. The van der Waals surface area contributed by atoms with E-state index in [0.717, 1.165) is 17.8 Å². The number of amidine groups is 1. The minimum absolute atomic E-state index is 0.00625. The van der Waals surface area contributed by atoms with Crippen LogP contribution in [-0.2, 0) is 0 Å². The van der Waals surface area contributed by atoms with Crippen molar-refractivity contribution in [2.24, 2.45) is 11.7 Å². The Morgan fingerprint density at radius 2 is 2.00 bits per heavy atom.